The smallest absolute Gasteiger partial charge is 0.407 e. The molecule has 4 N–H and O–H groups in total. The Labute approximate surface area is 396 Å². The van der Waals surface area contributed by atoms with Gasteiger partial charge in [-0.15, -0.1) is 11.8 Å². The molecule has 4 amide bonds. The van der Waals surface area contributed by atoms with Crippen LogP contribution in [-0.2, 0) is 42.9 Å². The Morgan fingerprint density at radius 3 is 1.60 bits per heavy atom. The molecule has 5 aromatic carbocycles. The number of thioether (sulfide) groups is 1. The summed E-state index contributed by atoms with van der Waals surface area (Å²) in [6, 6.07) is 42.4. The fourth-order valence-electron chi connectivity index (χ4n) is 8.04. The summed E-state index contributed by atoms with van der Waals surface area (Å²) in [7, 11) is 1.19. The monoisotopic (exact) mass is 926 g/mol. The molecule has 0 heterocycles. The van der Waals surface area contributed by atoms with Crippen molar-refractivity contribution in [3.05, 3.63) is 167 Å². The van der Waals surface area contributed by atoms with E-state index >= 15 is 0 Å². The predicted octanol–water partition coefficient (Wildman–Crippen LogP) is 7.41. The molecule has 0 aliphatic heterocycles. The summed E-state index contributed by atoms with van der Waals surface area (Å²) in [5.41, 5.74) is 4.40. The normalized spacial score (nSPS) is 13.2. The van der Waals surface area contributed by atoms with Crippen molar-refractivity contribution >= 4 is 47.5 Å². The van der Waals surface area contributed by atoms with Gasteiger partial charge < -0.3 is 35.5 Å². The lowest BCUT2D eigenvalue weighted by atomic mass is 9.84. The summed E-state index contributed by atoms with van der Waals surface area (Å²) in [5, 5.41) is 10.8. The van der Waals surface area contributed by atoms with Crippen LogP contribution in [0.1, 0.15) is 81.2 Å². The van der Waals surface area contributed by atoms with E-state index in [1.54, 1.807) is 20.8 Å². The highest BCUT2D eigenvalue weighted by Gasteiger charge is 2.41. The first-order valence-electron chi connectivity index (χ1n) is 22.1. The first-order valence-corrected chi connectivity index (χ1v) is 23.1. The lowest BCUT2D eigenvalue weighted by Crippen LogP contribution is -2.61. The van der Waals surface area contributed by atoms with Crippen LogP contribution in [-0.4, -0.2) is 85.0 Å². The zero-order valence-corrected chi connectivity index (χ0v) is 39.4. The minimum atomic E-state index is -1.58. The Kier molecular flexibility index (Phi) is 16.3. The number of alkyl carbamates (subject to hydrolysis) is 1. The molecule has 14 heteroatoms. The first kappa shape index (κ1) is 49.5. The van der Waals surface area contributed by atoms with Gasteiger partial charge in [0.15, 0.2) is 0 Å². The van der Waals surface area contributed by atoms with Crippen LogP contribution in [0.15, 0.2) is 140 Å². The maximum Gasteiger partial charge on any atom is 0.407 e. The van der Waals surface area contributed by atoms with Gasteiger partial charge in [-0.05, 0) is 80.0 Å². The van der Waals surface area contributed by atoms with Gasteiger partial charge in [0.1, 0.15) is 36.4 Å². The van der Waals surface area contributed by atoms with Crippen LogP contribution in [0.4, 0.5) is 4.79 Å². The number of amides is 4. The zero-order chi connectivity index (χ0) is 48.2. The third kappa shape index (κ3) is 12.5. The molecule has 0 bridgehead atoms. The minimum Gasteiger partial charge on any atom is -0.468 e. The molecule has 0 saturated carbocycles. The molecule has 0 spiro atoms. The number of carbonyl (C=O) groups is 6. The summed E-state index contributed by atoms with van der Waals surface area (Å²) in [4.78, 5) is 81.4. The summed E-state index contributed by atoms with van der Waals surface area (Å²) in [5.74, 6) is -3.78. The van der Waals surface area contributed by atoms with Gasteiger partial charge in [0.25, 0.3) is 0 Å². The van der Waals surface area contributed by atoms with Gasteiger partial charge in [-0.1, -0.05) is 140 Å². The number of hydrogen-bond donors (Lipinski definition) is 4. The van der Waals surface area contributed by atoms with E-state index < -0.39 is 70.3 Å². The number of benzene rings is 5. The fraction of sp³-hybridized carbons (Fsp3) is 0.321. The largest absolute Gasteiger partial charge is 0.468 e. The summed E-state index contributed by atoms with van der Waals surface area (Å²) >= 11 is 1.40. The number of esters is 2. The average molecular weight is 927 g/mol. The second-order valence-corrected chi connectivity index (χ2v) is 18.9. The van der Waals surface area contributed by atoms with Crippen molar-refractivity contribution < 1.29 is 43.0 Å². The van der Waals surface area contributed by atoms with Gasteiger partial charge in [-0.3, -0.25) is 24.0 Å². The Morgan fingerprint density at radius 1 is 0.612 bits per heavy atom. The SMILES string of the molecule is COC(=O)CNC(=O)C(C)(C)NC(=O)[C@@H](CSC(c1ccccc1)(c1ccccc1)c1ccccc1)NC(=O)[C@@H](CCC(=O)OC(C)(C)C)NC(=O)OCC1c2ccccc2-c2ccccc21. The van der Waals surface area contributed by atoms with E-state index in [0.717, 1.165) is 38.9 Å². The van der Waals surface area contributed by atoms with E-state index in [2.05, 4.69) is 26.0 Å². The van der Waals surface area contributed by atoms with Crippen molar-refractivity contribution in [1.82, 2.24) is 21.3 Å². The Hall–Kier alpha value is -6.93. The predicted molar refractivity (Wildman–Crippen MR) is 258 cm³/mol. The molecular formula is C53H58N4O9S. The number of nitrogens with one attached hydrogen (secondary N) is 4. The van der Waals surface area contributed by atoms with Gasteiger partial charge in [0.2, 0.25) is 17.7 Å². The Balaban J connectivity index is 1.31. The standard InChI is InChI=1S/C53H58N4O9S/c1-51(2,3)66-45(58)31-30-43(56-50(63)65-33-42-40-28-18-16-26-38(40)39-27-17-19-29-41(39)42)47(60)55-44(48(61)57-52(4,5)49(62)54-32-46(59)64-6)34-67-53(35-20-10-7-11-21-35,36-22-12-8-13-23-36)37-24-14-9-15-25-37/h7-29,42-44H,30-34H2,1-6H3,(H,54,62)(H,55,60)(H,56,63)(H,57,61)/t43-,44-/m1/s1. The molecule has 1 aliphatic carbocycles. The quantitative estimate of drug-likeness (QED) is 0.0371. The second kappa shape index (κ2) is 22.0. The van der Waals surface area contributed by atoms with Gasteiger partial charge in [-0.25, -0.2) is 4.79 Å². The summed E-state index contributed by atoms with van der Waals surface area (Å²) < 4.78 is 15.1. The highest BCUT2D eigenvalue weighted by Crippen LogP contribution is 2.49. The number of hydrogen-bond acceptors (Lipinski definition) is 10. The second-order valence-electron chi connectivity index (χ2n) is 17.7. The van der Waals surface area contributed by atoms with Crippen molar-refractivity contribution in [2.45, 2.75) is 81.3 Å². The number of fused-ring (bicyclic) bond motifs is 3. The fourth-order valence-corrected chi connectivity index (χ4v) is 9.60. The van der Waals surface area contributed by atoms with Gasteiger partial charge in [0, 0.05) is 18.1 Å². The molecule has 0 aromatic heterocycles. The van der Waals surface area contributed by atoms with E-state index in [1.165, 1.54) is 32.7 Å². The third-order valence-corrected chi connectivity index (χ3v) is 12.9. The number of rotatable bonds is 19. The van der Waals surface area contributed by atoms with Gasteiger partial charge in [-0.2, -0.15) is 0 Å². The highest BCUT2D eigenvalue weighted by molar-refractivity contribution is 8.00. The molecule has 67 heavy (non-hydrogen) atoms. The molecule has 13 nitrogen and oxygen atoms in total. The minimum absolute atomic E-state index is 0.0321. The van der Waals surface area contributed by atoms with Crippen molar-refractivity contribution in [3.63, 3.8) is 0 Å². The zero-order valence-electron chi connectivity index (χ0n) is 38.6. The molecular weight excluding hydrogens is 869 g/mol. The van der Waals surface area contributed by atoms with Crippen LogP contribution in [0.2, 0.25) is 0 Å². The number of carbonyl (C=O) groups excluding carboxylic acids is 6. The number of ether oxygens (including phenoxy) is 3. The molecule has 0 radical (unpaired) electrons. The van der Waals surface area contributed by atoms with Crippen LogP contribution in [0.25, 0.3) is 11.1 Å². The first-order chi connectivity index (χ1) is 32.0. The Morgan fingerprint density at radius 2 is 1.10 bits per heavy atom. The molecule has 6 rings (SSSR count). The van der Waals surface area contributed by atoms with E-state index in [9.17, 15) is 28.8 Å². The lowest BCUT2D eigenvalue weighted by molar-refractivity contribution is -0.155. The van der Waals surface area contributed by atoms with Gasteiger partial charge >= 0.3 is 18.0 Å². The molecule has 0 unspecified atom stereocenters. The molecule has 5 aromatic rings. The van der Waals surface area contributed by atoms with Crippen LogP contribution in [0.3, 0.4) is 0 Å². The van der Waals surface area contributed by atoms with E-state index in [0.29, 0.717) is 0 Å². The lowest BCUT2D eigenvalue weighted by Gasteiger charge is -2.37. The highest BCUT2D eigenvalue weighted by atomic mass is 32.2. The molecule has 1 aliphatic rings. The van der Waals surface area contributed by atoms with Crippen molar-refractivity contribution in [2.24, 2.45) is 0 Å². The molecule has 350 valence electrons. The topological polar surface area (TPSA) is 178 Å². The Bertz CT molecular complexity index is 2390. The van der Waals surface area contributed by atoms with E-state index in [1.807, 2.05) is 140 Å². The van der Waals surface area contributed by atoms with Gasteiger partial charge in [0.05, 0.1) is 11.9 Å². The number of methoxy groups -OCH3 is 1. The maximum atomic E-state index is 14.7. The summed E-state index contributed by atoms with van der Waals surface area (Å²) in [6.07, 6.45) is -1.35. The molecule has 0 fully saturated rings. The summed E-state index contributed by atoms with van der Waals surface area (Å²) in [6.45, 7) is 7.64. The van der Waals surface area contributed by atoms with Crippen LogP contribution >= 0.6 is 11.8 Å². The third-order valence-electron chi connectivity index (χ3n) is 11.3. The van der Waals surface area contributed by atoms with Crippen molar-refractivity contribution in [2.75, 3.05) is 26.0 Å². The average Bonchev–Trinajstić information content (AvgIpc) is 3.64. The van der Waals surface area contributed by atoms with Crippen LogP contribution in [0, 0.1) is 0 Å². The van der Waals surface area contributed by atoms with E-state index in [4.69, 9.17) is 9.47 Å². The molecule has 0 saturated heterocycles. The van der Waals surface area contributed by atoms with Crippen molar-refractivity contribution in [1.29, 1.82) is 0 Å². The maximum absolute atomic E-state index is 14.7. The van der Waals surface area contributed by atoms with Crippen LogP contribution < -0.4 is 21.3 Å². The van der Waals surface area contributed by atoms with E-state index in [-0.39, 0.29) is 31.1 Å². The van der Waals surface area contributed by atoms with Crippen molar-refractivity contribution in [3.8, 4) is 11.1 Å². The molecule has 2 atom stereocenters. The van der Waals surface area contributed by atoms with Crippen LogP contribution in [0.5, 0.6) is 0 Å².